The molecule has 1 aromatic carbocycles. The summed E-state index contributed by atoms with van der Waals surface area (Å²) in [5.74, 6) is 1.33. The molecule has 0 atom stereocenters. The molecule has 0 spiro atoms. The van der Waals surface area contributed by atoms with Crippen LogP contribution in [0.5, 0.6) is 11.5 Å². The van der Waals surface area contributed by atoms with Crippen LogP contribution in [0.1, 0.15) is 39.2 Å². The van der Waals surface area contributed by atoms with E-state index in [0.29, 0.717) is 24.7 Å². The van der Waals surface area contributed by atoms with Gasteiger partial charge in [0.25, 0.3) is 0 Å². The summed E-state index contributed by atoms with van der Waals surface area (Å²) in [5, 5.41) is 18.1. The van der Waals surface area contributed by atoms with E-state index in [4.69, 9.17) is 19.8 Å². The molecule has 4 nitrogen and oxygen atoms in total. The highest BCUT2D eigenvalue weighted by atomic mass is 16.5. The summed E-state index contributed by atoms with van der Waals surface area (Å²) in [4.78, 5) is 0. The van der Waals surface area contributed by atoms with Gasteiger partial charge in [0.05, 0.1) is 31.3 Å². The quantitative estimate of drug-likeness (QED) is 0.741. The molecule has 0 fully saturated rings. The Bertz CT molecular complexity index is 463. The van der Waals surface area contributed by atoms with Gasteiger partial charge in [-0.1, -0.05) is 6.07 Å². The second-order valence-corrected chi connectivity index (χ2v) is 5.32. The molecule has 0 aliphatic heterocycles. The highest BCUT2D eigenvalue weighted by Crippen LogP contribution is 2.29. The average molecular weight is 277 g/mol. The lowest BCUT2D eigenvalue weighted by Gasteiger charge is -2.16. The van der Waals surface area contributed by atoms with Crippen molar-refractivity contribution < 1.29 is 14.6 Å². The third-order valence-corrected chi connectivity index (χ3v) is 3.00. The smallest absolute Gasteiger partial charge is 0.161 e. The Kier molecular flexibility index (Phi) is 6.33. The zero-order valence-electron chi connectivity index (χ0n) is 12.5. The Hall–Kier alpha value is -1.73. The van der Waals surface area contributed by atoms with Gasteiger partial charge in [-0.25, -0.2) is 0 Å². The van der Waals surface area contributed by atoms with E-state index in [1.807, 2.05) is 32.9 Å². The van der Waals surface area contributed by atoms with Crippen molar-refractivity contribution in [3.8, 4) is 17.6 Å². The molecule has 0 saturated heterocycles. The zero-order valence-corrected chi connectivity index (χ0v) is 12.5. The van der Waals surface area contributed by atoms with Crippen LogP contribution in [0.15, 0.2) is 18.2 Å². The molecule has 1 aromatic rings. The van der Waals surface area contributed by atoms with E-state index in [1.54, 1.807) is 6.07 Å². The summed E-state index contributed by atoms with van der Waals surface area (Å²) in [6.45, 7) is 6.83. The van der Waals surface area contributed by atoms with Crippen LogP contribution in [0.3, 0.4) is 0 Å². The van der Waals surface area contributed by atoms with Gasteiger partial charge in [-0.05, 0) is 51.3 Å². The minimum absolute atomic E-state index is 0.0171. The van der Waals surface area contributed by atoms with Crippen molar-refractivity contribution in [3.63, 3.8) is 0 Å². The molecule has 1 N–H and O–H groups in total. The first-order valence-electron chi connectivity index (χ1n) is 6.93. The summed E-state index contributed by atoms with van der Waals surface area (Å²) in [6.07, 6.45) is 1.61. The Morgan fingerprint density at radius 2 is 2.00 bits per heavy atom. The van der Waals surface area contributed by atoms with Gasteiger partial charge in [-0.15, -0.1) is 0 Å². The predicted octanol–water partition coefficient (Wildman–Crippen LogP) is 3.29. The minimum atomic E-state index is -0.313. The van der Waals surface area contributed by atoms with Crippen LogP contribution in [-0.4, -0.2) is 18.3 Å². The summed E-state index contributed by atoms with van der Waals surface area (Å²) in [5.41, 5.74) is 0.485. The number of ether oxygens (including phenoxy) is 2. The first-order valence-corrected chi connectivity index (χ1v) is 6.93. The Morgan fingerprint density at radius 3 is 2.60 bits per heavy atom. The maximum atomic E-state index is 9.12. The topological polar surface area (TPSA) is 62.5 Å². The van der Waals surface area contributed by atoms with Gasteiger partial charge >= 0.3 is 0 Å². The van der Waals surface area contributed by atoms with E-state index in [2.05, 4.69) is 6.07 Å². The Morgan fingerprint density at radius 1 is 1.25 bits per heavy atom. The summed E-state index contributed by atoms with van der Waals surface area (Å²) in [6, 6.07) is 7.70. The second-order valence-electron chi connectivity index (χ2n) is 5.32. The first-order chi connectivity index (χ1) is 9.52. The van der Waals surface area contributed by atoms with Crippen molar-refractivity contribution >= 4 is 0 Å². The highest BCUT2D eigenvalue weighted by molar-refractivity contribution is 5.42. The number of nitriles is 1. The fourth-order valence-electron chi connectivity index (χ4n) is 1.79. The summed E-state index contributed by atoms with van der Waals surface area (Å²) < 4.78 is 11.2. The van der Waals surface area contributed by atoms with Gasteiger partial charge in [0.15, 0.2) is 11.5 Å². The summed E-state index contributed by atoms with van der Waals surface area (Å²) in [7, 11) is 0. The van der Waals surface area contributed by atoms with E-state index >= 15 is 0 Å². The van der Waals surface area contributed by atoms with Crippen molar-refractivity contribution in [2.75, 3.05) is 13.2 Å². The average Bonchev–Trinajstić information content (AvgIpc) is 2.45. The molecule has 0 aromatic heterocycles. The molecule has 0 bridgehead atoms. The number of hydrogen-bond donors (Lipinski definition) is 1. The van der Waals surface area contributed by atoms with Gasteiger partial charge in [0.1, 0.15) is 0 Å². The number of nitrogens with zero attached hydrogens (tertiary/aromatic N) is 1. The van der Waals surface area contributed by atoms with E-state index in [-0.39, 0.29) is 12.0 Å². The number of rotatable bonds is 8. The van der Waals surface area contributed by atoms with Crippen LogP contribution in [0, 0.1) is 16.7 Å². The van der Waals surface area contributed by atoms with Gasteiger partial charge in [-0.3, -0.25) is 0 Å². The van der Waals surface area contributed by atoms with Gasteiger partial charge in [-0.2, -0.15) is 5.26 Å². The Labute approximate surface area is 120 Å². The normalized spacial score (nSPS) is 10.9. The monoisotopic (exact) mass is 277 g/mol. The van der Waals surface area contributed by atoms with Crippen LogP contribution >= 0.6 is 0 Å². The van der Waals surface area contributed by atoms with Gasteiger partial charge in [0, 0.05) is 0 Å². The molecule has 0 aliphatic carbocycles. The van der Waals surface area contributed by atoms with Crippen molar-refractivity contribution in [2.24, 2.45) is 5.41 Å². The number of benzene rings is 1. The molecule has 0 amide bonds. The van der Waals surface area contributed by atoms with Gasteiger partial charge in [0.2, 0.25) is 0 Å². The van der Waals surface area contributed by atoms with Crippen molar-refractivity contribution in [2.45, 2.75) is 40.2 Å². The van der Waals surface area contributed by atoms with Crippen LogP contribution in [0.25, 0.3) is 0 Å². The van der Waals surface area contributed by atoms with Crippen LogP contribution < -0.4 is 9.47 Å². The van der Waals surface area contributed by atoms with Gasteiger partial charge < -0.3 is 14.6 Å². The van der Waals surface area contributed by atoms with Crippen LogP contribution in [0.2, 0.25) is 0 Å². The molecular formula is C16H23NO3. The van der Waals surface area contributed by atoms with E-state index in [0.717, 1.165) is 18.4 Å². The number of aliphatic hydroxyl groups excluding tert-OH is 1. The van der Waals surface area contributed by atoms with Crippen molar-refractivity contribution in [1.82, 2.24) is 0 Å². The lowest BCUT2D eigenvalue weighted by atomic mass is 9.90. The largest absolute Gasteiger partial charge is 0.490 e. The molecule has 1 rings (SSSR count). The lowest BCUT2D eigenvalue weighted by molar-refractivity contribution is 0.256. The highest BCUT2D eigenvalue weighted by Gasteiger charge is 2.16. The predicted molar refractivity (Wildman–Crippen MR) is 77.7 cm³/mol. The maximum Gasteiger partial charge on any atom is 0.161 e. The third kappa shape index (κ3) is 5.10. The van der Waals surface area contributed by atoms with E-state index in [1.165, 1.54) is 0 Å². The van der Waals surface area contributed by atoms with Crippen LogP contribution in [-0.2, 0) is 6.61 Å². The molecule has 0 heterocycles. The van der Waals surface area contributed by atoms with Crippen molar-refractivity contribution in [3.05, 3.63) is 23.8 Å². The molecule has 0 unspecified atom stereocenters. The standard InChI is InChI=1S/C16H23NO3/c1-4-19-15-10-13(11-18)6-7-14(15)20-9-5-8-16(2,3)12-17/h6-7,10,18H,4-5,8-9,11H2,1-3H3. The van der Waals surface area contributed by atoms with E-state index in [9.17, 15) is 0 Å². The molecule has 110 valence electrons. The molecular weight excluding hydrogens is 254 g/mol. The molecule has 0 saturated carbocycles. The third-order valence-electron chi connectivity index (χ3n) is 3.00. The Balaban J connectivity index is 2.57. The number of aliphatic hydroxyl groups is 1. The molecule has 4 heteroatoms. The fourth-order valence-corrected chi connectivity index (χ4v) is 1.79. The number of hydrogen-bond acceptors (Lipinski definition) is 4. The zero-order chi connectivity index (χ0) is 15.0. The second kappa shape index (κ2) is 7.76. The molecule has 20 heavy (non-hydrogen) atoms. The lowest BCUT2D eigenvalue weighted by Crippen LogP contribution is -2.10. The molecule has 0 aliphatic rings. The SMILES string of the molecule is CCOc1cc(CO)ccc1OCCCC(C)(C)C#N. The fraction of sp³-hybridized carbons (Fsp3) is 0.562. The minimum Gasteiger partial charge on any atom is -0.490 e. The van der Waals surface area contributed by atoms with E-state index < -0.39 is 0 Å². The van der Waals surface area contributed by atoms with Crippen LogP contribution in [0.4, 0.5) is 0 Å². The maximum absolute atomic E-state index is 9.12. The van der Waals surface area contributed by atoms with Crippen molar-refractivity contribution in [1.29, 1.82) is 5.26 Å². The summed E-state index contributed by atoms with van der Waals surface area (Å²) >= 11 is 0. The first kappa shape index (κ1) is 16.3. The molecule has 0 radical (unpaired) electrons.